The molecule has 88 valence electrons. The minimum absolute atomic E-state index is 0.118. The van der Waals surface area contributed by atoms with Gasteiger partial charge in [0.1, 0.15) is 17.7 Å². The Morgan fingerprint density at radius 3 is 2.39 bits per heavy atom. The van der Waals surface area contributed by atoms with E-state index in [0.717, 1.165) is 19.7 Å². The highest BCUT2D eigenvalue weighted by atomic mass is 32.1. The van der Waals surface area contributed by atoms with E-state index >= 15 is 0 Å². The third-order valence-corrected chi connectivity index (χ3v) is 4.45. The number of methoxy groups -OCH3 is 1. The lowest BCUT2D eigenvalue weighted by Gasteiger charge is -1.90. The molecule has 2 aromatic heterocycles. The summed E-state index contributed by atoms with van der Waals surface area (Å²) in [5.41, 5.74) is 0.118. The molecule has 18 heavy (non-hydrogen) atoms. The van der Waals surface area contributed by atoms with Crippen LogP contribution in [0.3, 0.4) is 0 Å². The first-order valence-corrected chi connectivity index (χ1v) is 6.66. The monoisotopic (exact) mass is 272 g/mol. The summed E-state index contributed by atoms with van der Waals surface area (Å²) in [5, 5.41) is 18.3. The van der Waals surface area contributed by atoms with E-state index in [1.165, 1.54) is 0 Å². The molecule has 0 saturated carbocycles. The van der Waals surface area contributed by atoms with Crippen molar-refractivity contribution in [3.05, 3.63) is 34.7 Å². The van der Waals surface area contributed by atoms with Crippen LogP contribution in [0.5, 0.6) is 5.06 Å². The molecule has 0 radical (unpaired) electrons. The molecule has 0 fully saturated rings. The largest absolute Gasteiger partial charge is 0.487 e. The fourth-order valence-corrected chi connectivity index (χ4v) is 3.22. The molecule has 0 aromatic carbocycles. The lowest BCUT2D eigenvalue weighted by atomic mass is 10.3. The number of thiophene rings is 2. The molecule has 0 bridgehead atoms. The second-order valence-corrected chi connectivity index (χ2v) is 5.47. The van der Waals surface area contributed by atoms with Gasteiger partial charge in [0.15, 0.2) is 5.06 Å². The summed E-state index contributed by atoms with van der Waals surface area (Å²) in [6.07, 6.45) is 1.60. The van der Waals surface area contributed by atoms with E-state index in [9.17, 15) is 0 Å². The summed E-state index contributed by atoms with van der Waals surface area (Å²) < 4.78 is 5.15. The van der Waals surface area contributed by atoms with E-state index in [0.29, 0.717) is 0 Å². The van der Waals surface area contributed by atoms with Gasteiger partial charge in [-0.3, -0.25) is 0 Å². The fourth-order valence-electron chi connectivity index (χ4n) is 1.36. The summed E-state index contributed by atoms with van der Waals surface area (Å²) in [6, 6.07) is 11.5. The molecule has 0 amide bonds. The molecule has 0 spiro atoms. The zero-order valence-electron chi connectivity index (χ0n) is 9.51. The molecule has 2 aromatic rings. The van der Waals surface area contributed by atoms with Gasteiger partial charge in [0.05, 0.1) is 7.11 Å². The van der Waals surface area contributed by atoms with Crippen molar-refractivity contribution >= 4 is 28.7 Å². The minimum atomic E-state index is 0.118. The van der Waals surface area contributed by atoms with Crippen LogP contribution in [0.25, 0.3) is 15.8 Å². The number of allylic oxidation sites excluding steroid dienone is 1. The van der Waals surface area contributed by atoms with Crippen molar-refractivity contribution in [2.24, 2.45) is 0 Å². The van der Waals surface area contributed by atoms with Crippen molar-refractivity contribution in [2.75, 3.05) is 7.11 Å². The number of hydrogen-bond acceptors (Lipinski definition) is 5. The highest BCUT2D eigenvalue weighted by Gasteiger charge is 2.06. The Kier molecular flexibility index (Phi) is 3.78. The third-order valence-electron chi connectivity index (χ3n) is 2.18. The highest BCUT2D eigenvalue weighted by molar-refractivity contribution is 7.23. The number of ether oxygens (including phenoxy) is 1. The summed E-state index contributed by atoms with van der Waals surface area (Å²) in [6.45, 7) is 0. The first-order chi connectivity index (χ1) is 8.76. The molecule has 0 aliphatic carbocycles. The molecule has 2 heterocycles. The van der Waals surface area contributed by atoms with Gasteiger partial charge in [-0.2, -0.15) is 10.5 Å². The second kappa shape index (κ2) is 5.50. The Bertz CT molecular complexity index is 652. The van der Waals surface area contributed by atoms with Crippen LogP contribution in [0.1, 0.15) is 4.88 Å². The predicted molar refractivity (Wildman–Crippen MR) is 73.4 cm³/mol. The maximum Gasteiger partial charge on any atom is 0.173 e. The maximum absolute atomic E-state index is 8.70. The van der Waals surface area contributed by atoms with Crippen molar-refractivity contribution in [3.63, 3.8) is 0 Å². The van der Waals surface area contributed by atoms with Crippen LogP contribution in [0, 0.1) is 22.7 Å². The molecule has 3 nitrogen and oxygen atoms in total. The molecule has 0 N–H and O–H groups in total. The Labute approximate surface area is 113 Å². The van der Waals surface area contributed by atoms with Gasteiger partial charge in [-0.25, -0.2) is 0 Å². The Morgan fingerprint density at radius 1 is 1.11 bits per heavy atom. The number of nitriles is 2. The third kappa shape index (κ3) is 2.60. The Hall–Kier alpha value is -2.08. The zero-order valence-corrected chi connectivity index (χ0v) is 11.1. The van der Waals surface area contributed by atoms with Crippen molar-refractivity contribution in [3.8, 4) is 27.0 Å². The van der Waals surface area contributed by atoms with Gasteiger partial charge < -0.3 is 4.74 Å². The van der Waals surface area contributed by atoms with Crippen LogP contribution in [-0.2, 0) is 0 Å². The van der Waals surface area contributed by atoms with Crippen LogP contribution in [0.4, 0.5) is 0 Å². The van der Waals surface area contributed by atoms with Gasteiger partial charge in [0, 0.05) is 14.6 Å². The second-order valence-electron chi connectivity index (χ2n) is 3.31. The zero-order chi connectivity index (χ0) is 13.0. The number of nitrogens with zero attached hydrogens (tertiary/aromatic N) is 2. The fraction of sp³-hybridized carbons (Fsp3) is 0.0769. The van der Waals surface area contributed by atoms with Gasteiger partial charge in [-0.05, 0) is 30.3 Å². The van der Waals surface area contributed by atoms with E-state index in [1.807, 2.05) is 36.4 Å². The lowest BCUT2D eigenvalue weighted by Crippen LogP contribution is -1.73. The summed E-state index contributed by atoms with van der Waals surface area (Å²) >= 11 is 3.11. The number of hydrogen-bond donors (Lipinski definition) is 0. The first-order valence-electron chi connectivity index (χ1n) is 5.02. The normalized spacial score (nSPS) is 9.28. The standard InChI is InChI=1S/C13H8N2OS2/c1-16-13-5-4-12(18-13)11-3-2-10(17-11)6-9(7-14)8-15/h2-6H,1H3. The van der Waals surface area contributed by atoms with E-state index in [4.69, 9.17) is 15.3 Å². The molecule has 0 saturated heterocycles. The average molecular weight is 272 g/mol. The molecule has 0 aliphatic heterocycles. The van der Waals surface area contributed by atoms with Crippen LogP contribution in [0.15, 0.2) is 29.8 Å². The predicted octanol–water partition coefficient (Wildman–Crippen LogP) is 3.92. The van der Waals surface area contributed by atoms with Crippen LogP contribution in [-0.4, -0.2) is 7.11 Å². The van der Waals surface area contributed by atoms with E-state index in [2.05, 4.69) is 0 Å². The molecule has 0 aliphatic rings. The smallest absolute Gasteiger partial charge is 0.173 e. The Balaban J connectivity index is 2.29. The van der Waals surface area contributed by atoms with E-state index < -0.39 is 0 Å². The SMILES string of the molecule is COc1ccc(-c2ccc(C=C(C#N)C#N)s2)s1. The lowest BCUT2D eigenvalue weighted by molar-refractivity contribution is 0.427. The van der Waals surface area contributed by atoms with Gasteiger partial charge in [-0.1, -0.05) is 11.3 Å². The average Bonchev–Trinajstić information content (AvgIpc) is 3.04. The maximum atomic E-state index is 8.70. The van der Waals surface area contributed by atoms with Crippen LogP contribution >= 0.6 is 22.7 Å². The summed E-state index contributed by atoms with van der Waals surface area (Å²) in [7, 11) is 1.64. The molecule has 2 rings (SSSR count). The highest BCUT2D eigenvalue weighted by Crippen LogP contribution is 2.37. The van der Waals surface area contributed by atoms with Gasteiger partial charge in [-0.15, -0.1) is 11.3 Å². The van der Waals surface area contributed by atoms with Gasteiger partial charge in [0.25, 0.3) is 0 Å². The van der Waals surface area contributed by atoms with E-state index in [1.54, 1.807) is 35.9 Å². The van der Waals surface area contributed by atoms with Crippen molar-refractivity contribution in [1.82, 2.24) is 0 Å². The molecule has 0 unspecified atom stereocenters. The van der Waals surface area contributed by atoms with Crippen molar-refractivity contribution < 1.29 is 4.74 Å². The minimum Gasteiger partial charge on any atom is -0.487 e. The Morgan fingerprint density at radius 2 is 1.78 bits per heavy atom. The molecule has 0 atom stereocenters. The summed E-state index contributed by atoms with van der Waals surface area (Å²) in [4.78, 5) is 3.12. The van der Waals surface area contributed by atoms with Gasteiger partial charge in [0.2, 0.25) is 0 Å². The van der Waals surface area contributed by atoms with Crippen LogP contribution < -0.4 is 4.74 Å². The molecular formula is C13H8N2OS2. The van der Waals surface area contributed by atoms with Crippen LogP contribution in [0.2, 0.25) is 0 Å². The van der Waals surface area contributed by atoms with Gasteiger partial charge >= 0.3 is 0 Å². The van der Waals surface area contributed by atoms with E-state index in [-0.39, 0.29) is 5.57 Å². The topological polar surface area (TPSA) is 56.8 Å². The van der Waals surface area contributed by atoms with Crippen molar-refractivity contribution in [2.45, 2.75) is 0 Å². The quantitative estimate of drug-likeness (QED) is 0.796. The van der Waals surface area contributed by atoms with Crippen molar-refractivity contribution in [1.29, 1.82) is 10.5 Å². The summed E-state index contributed by atoms with van der Waals surface area (Å²) in [5.74, 6) is 0. The molecule has 5 heteroatoms. The number of rotatable bonds is 3. The first kappa shape index (κ1) is 12.4. The molecular weight excluding hydrogens is 264 g/mol.